The van der Waals surface area contributed by atoms with E-state index in [1.54, 1.807) is 13.0 Å². The molecule has 3 fully saturated rings. The van der Waals surface area contributed by atoms with Crippen LogP contribution in [-0.4, -0.2) is 45.7 Å². The second-order valence-electron chi connectivity index (χ2n) is 9.70. The van der Waals surface area contributed by atoms with Crippen LogP contribution in [-0.2, 0) is 23.9 Å². The van der Waals surface area contributed by atoms with Crippen molar-refractivity contribution in [3.63, 3.8) is 0 Å². The van der Waals surface area contributed by atoms with Gasteiger partial charge >= 0.3 is 5.97 Å². The number of hydrogen-bond acceptors (Lipinski definition) is 7. The maximum absolute atomic E-state index is 13.6. The van der Waals surface area contributed by atoms with Crippen LogP contribution < -0.4 is 0 Å². The molecule has 0 amide bonds. The molecule has 30 heavy (non-hydrogen) atoms. The summed E-state index contributed by atoms with van der Waals surface area (Å²) >= 11 is 0. The second-order valence-corrected chi connectivity index (χ2v) is 9.70. The highest BCUT2D eigenvalue weighted by molar-refractivity contribution is 6.02. The number of fused-ring (bicyclic) bond motifs is 5. The van der Waals surface area contributed by atoms with Gasteiger partial charge in [-0.25, -0.2) is 0 Å². The quantitative estimate of drug-likeness (QED) is 0.672. The van der Waals surface area contributed by atoms with Crippen LogP contribution in [0.4, 0.5) is 0 Å². The van der Waals surface area contributed by atoms with Crippen molar-refractivity contribution in [1.82, 2.24) is 0 Å². The summed E-state index contributed by atoms with van der Waals surface area (Å²) in [5.41, 5.74) is -2.77. The Hall–Kier alpha value is -2.12. The zero-order valence-corrected chi connectivity index (χ0v) is 17.6. The zero-order valence-electron chi connectivity index (χ0n) is 17.6. The molecule has 0 radical (unpaired) electrons. The minimum absolute atomic E-state index is 0.00520. The van der Waals surface area contributed by atoms with Gasteiger partial charge in [0.15, 0.2) is 11.6 Å². The average Bonchev–Trinajstić information content (AvgIpc) is 2.93. The minimum atomic E-state index is -1.72. The Kier molecular flexibility index (Phi) is 4.71. The fraction of sp³-hybridized carbons (Fsp3) is 0.652. The fourth-order valence-electron chi connectivity index (χ4n) is 6.99. The predicted molar refractivity (Wildman–Crippen MR) is 105 cm³/mol. The van der Waals surface area contributed by atoms with Crippen molar-refractivity contribution in [1.29, 1.82) is 0 Å². The third kappa shape index (κ3) is 2.57. The number of hydrogen-bond donors (Lipinski definition) is 2. The third-order valence-electron chi connectivity index (χ3n) is 8.41. The zero-order chi connectivity index (χ0) is 22.1. The number of esters is 1. The Labute approximate surface area is 175 Å². The summed E-state index contributed by atoms with van der Waals surface area (Å²) in [6.07, 6.45) is 4.88. The molecule has 4 rings (SSSR count). The summed E-state index contributed by atoms with van der Waals surface area (Å²) in [5.74, 6) is -2.04. The molecule has 7 nitrogen and oxygen atoms in total. The number of carbonyl (C=O) groups excluding carboxylic acids is 4. The lowest BCUT2D eigenvalue weighted by atomic mass is 9.46. The maximum atomic E-state index is 13.6. The van der Waals surface area contributed by atoms with Crippen LogP contribution in [0.5, 0.6) is 0 Å². The first-order valence-corrected chi connectivity index (χ1v) is 10.5. The van der Waals surface area contributed by atoms with Crippen LogP contribution in [0, 0.1) is 28.6 Å². The van der Waals surface area contributed by atoms with E-state index in [1.165, 1.54) is 13.0 Å². The van der Waals surface area contributed by atoms with Crippen molar-refractivity contribution >= 4 is 23.3 Å². The van der Waals surface area contributed by atoms with E-state index in [0.717, 1.165) is 5.57 Å². The number of rotatable bonds is 3. The Balaban J connectivity index is 1.79. The van der Waals surface area contributed by atoms with E-state index in [-0.39, 0.29) is 42.0 Å². The molecular formula is C23H28O7. The van der Waals surface area contributed by atoms with Gasteiger partial charge in [-0.2, -0.15) is 0 Å². The summed E-state index contributed by atoms with van der Waals surface area (Å²) < 4.78 is 5.44. The number of aliphatic hydroxyl groups is 2. The largest absolute Gasteiger partial charge is 0.430 e. The molecule has 0 aliphatic heterocycles. The molecule has 4 aliphatic rings. The highest BCUT2D eigenvalue weighted by Gasteiger charge is 2.69. The first kappa shape index (κ1) is 21.1. The van der Waals surface area contributed by atoms with Crippen molar-refractivity contribution in [2.45, 2.75) is 58.5 Å². The van der Waals surface area contributed by atoms with E-state index < -0.39 is 40.7 Å². The van der Waals surface area contributed by atoms with Gasteiger partial charge in [-0.15, -0.1) is 0 Å². The molecule has 6 atom stereocenters. The van der Waals surface area contributed by atoms with Gasteiger partial charge in [0.1, 0.15) is 23.8 Å². The lowest BCUT2D eigenvalue weighted by Crippen LogP contribution is -2.61. The smallest absolute Gasteiger partial charge is 0.307 e. The molecule has 0 spiro atoms. The summed E-state index contributed by atoms with van der Waals surface area (Å²) in [5, 5.41) is 20.6. The van der Waals surface area contributed by atoms with Crippen molar-refractivity contribution in [2.24, 2.45) is 28.6 Å². The van der Waals surface area contributed by atoms with Gasteiger partial charge in [0, 0.05) is 30.8 Å². The number of Topliss-reactive ketones (excluding diaryl/α,β-unsaturated/α-hetero) is 2. The number of carbonyl (C=O) groups is 4. The van der Waals surface area contributed by atoms with Crippen molar-refractivity contribution in [3.8, 4) is 0 Å². The molecule has 7 heteroatoms. The molecule has 0 saturated heterocycles. The molecule has 2 N–H and O–H groups in total. The summed E-state index contributed by atoms with van der Waals surface area (Å²) in [4.78, 5) is 49.9. The van der Waals surface area contributed by atoms with Crippen LogP contribution in [0.2, 0.25) is 0 Å². The van der Waals surface area contributed by atoms with Gasteiger partial charge in [-0.05, 0) is 50.5 Å². The highest BCUT2D eigenvalue weighted by atomic mass is 16.5. The second kappa shape index (κ2) is 6.69. The number of aliphatic hydroxyl groups excluding tert-OH is 1. The van der Waals surface area contributed by atoms with E-state index in [2.05, 4.69) is 0 Å². The van der Waals surface area contributed by atoms with E-state index in [1.807, 2.05) is 6.92 Å². The highest BCUT2D eigenvalue weighted by Crippen LogP contribution is 2.67. The lowest BCUT2D eigenvalue weighted by molar-refractivity contribution is -0.170. The van der Waals surface area contributed by atoms with E-state index >= 15 is 0 Å². The molecule has 0 aromatic heterocycles. The monoisotopic (exact) mass is 416 g/mol. The number of ketones is 3. The van der Waals surface area contributed by atoms with Crippen molar-refractivity contribution < 1.29 is 34.1 Å². The fourth-order valence-corrected chi connectivity index (χ4v) is 6.99. The third-order valence-corrected chi connectivity index (χ3v) is 8.41. The standard InChI is InChI=1S/C23H28O7/c1-12(25)30-19-9-14(26)8-13-4-5-15-16-6-7-23(29,18(28)11-24)21(16,2)10-17(27)20(15)22(13,19)3/h8-9,15-16,20,24,29H,4-7,10-11H2,1-3H3/t15-,16-,20+,21-,22+,23-/m0/s1. The normalized spacial score (nSPS) is 42.5. The predicted octanol–water partition coefficient (Wildman–Crippen LogP) is 1.66. The van der Waals surface area contributed by atoms with E-state index in [0.29, 0.717) is 19.3 Å². The molecule has 0 aromatic carbocycles. The molecule has 0 bridgehead atoms. The molecule has 0 heterocycles. The lowest BCUT2D eigenvalue weighted by Gasteiger charge is -2.57. The van der Waals surface area contributed by atoms with Gasteiger partial charge in [-0.1, -0.05) is 12.5 Å². The summed E-state index contributed by atoms with van der Waals surface area (Å²) in [6, 6.07) is 0. The van der Waals surface area contributed by atoms with Gasteiger partial charge in [0.2, 0.25) is 0 Å². The van der Waals surface area contributed by atoms with Crippen molar-refractivity contribution in [2.75, 3.05) is 6.61 Å². The number of allylic oxidation sites excluding steroid dienone is 3. The van der Waals surface area contributed by atoms with E-state index in [9.17, 15) is 29.4 Å². The first-order chi connectivity index (χ1) is 14.0. The van der Waals surface area contributed by atoms with Gasteiger partial charge in [-0.3, -0.25) is 19.2 Å². The molecule has 0 unspecified atom stereocenters. The number of ether oxygens (including phenoxy) is 1. The molecule has 4 aliphatic carbocycles. The van der Waals surface area contributed by atoms with Crippen molar-refractivity contribution in [3.05, 3.63) is 23.5 Å². The maximum Gasteiger partial charge on any atom is 0.307 e. The Morgan fingerprint density at radius 2 is 1.90 bits per heavy atom. The average molecular weight is 416 g/mol. The van der Waals surface area contributed by atoms with Crippen LogP contribution in [0.25, 0.3) is 0 Å². The first-order valence-electron chi connectivity index (χ1n) is 10.5. The van der Waals surface area contributed by atoms with Crippen LogP contribution in [0.1, 0.15) is 52.9 Å². The Morgan fingerprint density at radius 1 is 1.20 bits per heavy atom. The van der Waals surface area contributed by atoms with Gasteiger partial charge in [0.05, 0.1) is 5.41 Å². The molecule has 162 valence electrons. The van der Waals surface area contributed by atoms with Crippen LogP contribution in [0.15, 0.2) is 23.5 Å². The Morgan fingerprint density at radius 3 is 2.53 bits per heavy atom. The van der Waals surface area contributed by atoms with Gasteiger partial charge in [0.25, 0.3) is 0 Å². The summed E-state index contributed by atoms with van der Waals surface area (Å²) in [7, 11) is 0. The molecule has 3 saturated carbocycles. The SMILES string of the molecule is CC(=O)OC1=CC(=O)C=C2CC[C@@H]3[C@H](C(=O)C[C@@]4(C)[C@H]3CC[C@]4(O)C(=O)CO)[C@]21C. The van der Waals surface area contributed by atoms with E-state index in [4.69, 9.17) is 4.74 Å². The Bertz CT molecular complexity index is 915. The summed E-state index contributed by atoms with van der Waals surface area (Å²) in [6.45, 7) is 4.15. The van der Waals surface area contributed by atoms with Crippen LogP contribution in [0.3, 0.4) is 0 Å². The van der Waals surface area contributed by atoms with Gasteiger partial charge < -0.3 is 14.9 Å². The minimum Gasteiger partial charge on any atom is -0.430 e. The molecular weight excluding hydrogens is 388 g/mol. The van der Waals surface area contributed by atoms with Crippen LogP contribution >= 0.6 is 0 Å². The molecule has 0 aromatic rings. The topological polar surface area (TPSA) is 118 Å².